The maximum Gasteiger partial charge on any atom is 0.0304 e. The molecule has 0 aromatic rings. The van der Waals surface area contributed by atoms with E-state index in [9.17, 15) is 0 Å². The summed E-state index contributed by atoms with van der Waals surface area (Å²) < 4.78 is 0. The summed E-state index contributed by atoms with van der Waals surface area (Å²) in [6.45, 7) is 10.8. The molecule has 1 heterocycles. The Morgan fingerprint density at radius 3 is 2.44 bits per heavy atom. The molecule has 0 aromatic carbocycles. The van der Waals surface area contributed by atoms with Gasteiger partial charge in [0.1, 0.15) is 0 Å². The lowest BCUT2D eigenvalue weighted by molar-refractivity contribution is 0.0758. The monoisotopic (exact) mass is 252 g/mol. The van der Waals surface area contributed by atoms with Gasteiger partial charge in [0.15, 0.2) is 0 Å². The molecule has 2 aliphatic rings. The fraction of sp³-hybridized carbons (Fsp3) is 1.00. The third kappa shape index (κ3) is 3.27. The highest BCUT2D eigenvalue weighted by Crippen LogP contribution is 2.29. The van der Waals surface area contributed by atoms with Crippen molar-refractivity contribution in [1.82, 2.24) is 10.2 Å². The van der Waals surface area contributed by atoms with Gasteiger partial charge in [-0.1, -0.05) is 39.5 Å². The average Bonchev–Trinajstić information content (AvgIpc) is 2.91. The highest BCUT2D eigenvalue weighted by atomic mass is 15.2. The Morgan fingerprint density at radius 2 is 1.83 bits per heavy atom. The molecule has 0 radical (unpaired) electrons. The molecule has 106 valence electrons. The maximum atomic E-state index is 3.80. The van der Waals surface area contributed by atoms with E-state index in [1.807, 2.05) is 0 Å². The first-order valence-electron chi connectivity index (χ1n) is 8.18. The summed E-state index contributed by atoms with van der Waals surface area (Å²) in [4.78, 5) is 2.75. The second kappa shape index (κ2) is 6.38. The third-order valence-corrected chi connectivity index (χ3v) is 5.55. The van der Waals surface area contributed by atoms with Crippen LogP contribution in [0, 0.1) is 5.92 Å². The second-order valence-corrected chi connectivity index (χ2v) is 6.63. The first-order chi connectivity index (χ1) is 8.69. The first kappa shape index (κ1) is 14.3. The van der Waals surface area contributed by atoms with Crippen molar-refractivity contribution in [2.24, 2.45) is 5.92 Å². The lowest BCUT2D eigenvalue weighted by atomic mass is 9.88. The predicted molar refractivity (Wildman–Crippen MR) is 78.9 cm³/mol. The van der Waals surface area contributed by atoms with Crippen LogP contribution in [0.3, 0.4) is 0 Å². The summed E-state index contributed by atoms with van der Waals surface area (Å²) in [5, 5.41) is 3.80. The fourth-order valence-corrected chi connectivity index (χ4v) is 3.76. The molecule has 2 rings (SSSR count). The molecule has 0 aromatic heterocycles. The minimum Gasteiger partial charge on any atom is -0.308 e. The Labute approximate surface area is 114 Å². The van der Waals surface area contributed by atoms with Gasteiger partial charge in [0.25, 0.3) is 0 Å². The van der Waals surface area contributed by atoms with E-state index in [-0.39, 0.29) is 0 Å². The molecule has 0 bridgehead atoms. The van der Waals surface area contributed by atoms with Crippen LogP contribution in [0.4, 0.5) is 0 Å². The van der Waals surface area contributed by atoms with Crippen molar-refractivity contribution in [2.45, 2.75) is 77.3 Å². The van der Waals surface area contributed by atoms with Crippen molar-refractivity contribution in [2.75, 3.05) is 19.6 Å². The standard InChI is InChI=1S/C16H32N2/c1-4-16(5-2)13-18(14(3)12-17-16)11-10-15-8-6-7-9-15/h14-15,17H,4-13H2,1-3H3. The van der Waals surface area contributed by atoms with E-state index in [1.54, 1.807) is 0 Å². The summed E-state index contributed by atoms with van der Waals surface area (Å²) in [7, 11) is 0. The Kier molecular flexibility index (Phi) is 5.08. The fourth-order valence-electron chi connectivity index (χ4n) is 3.76. The molecular formula is C16H32N2. The molecule has 1 aliphatic heterocycles. The van der Waals surface area contributed by atoms with Gasteiger partial charge in [-0.2, -0.15) is 0 Å². The number of nitrogens with one attached hydrogen (secondary N) is 1. The summed E-state index contributed by atoms with van der Waals surface area (Å²) in [6, 6.07) is 0.720. The molecular weight excluding hydrogens is 220 g/mol. The summed E-state index contributed by atoms with van der Waals surface area (Å²) in [5.41, 5.74) is 0.391. The topological polar surface area (TPSA) is 15.3 Å². The van der Waals surface area contributed by atoms with Crippen LogP contribution in [0.2, 0.25) is 0 Å². The molecule has 2 heteroatoms. The van der Waals surface area contributed by atoms with E-state index in [0.717, 1.165) is 12.0 Å². The summed E-state index contributed by atoms with van der Waals surface area (Å²) in [5.74, 6) is 1.03. The number of rotatable bonds is 5. The summed E-state index contributed by atoms with van der Waals surface area (Å²) >= 11 is 0. The Hall–Kier alpha value is -0.0800. The van der Waals surface area contributed by atoms with Crippen LogP contribution in [-0.4, -0.2) is 36.1 Å². The molecule has 0 amide bonds. The number of nitrogens with zero attached hydrogens (tertiary/aromatic N) is 1. The smallest absolute Gasteiger partial charge is 0.0304 e. The Bertz CT molecular complexity index is 241. The first-order valence-corrected chi connectivity index (χ1v) is 8.18. The quantitative estimate of drug-likeness (QED) is 0.806. The van der Waals surface area contributed by atoms with Crippen LogP contribution in [0.25, 0.3) is 0 Å². The van der Waals surface area contributed by atoms with Gasteiger partial charge in [0.2, 0.25) is 0 Å². The zero-order valence-corrected chi connectivity index (χ0v) is 12.7. The number of hydrogen-bond donors (Lipinski definition) is 1. The molecule has 1 aliphatic carbocycles. The number of piperazine rings is 1. The van der Waals surface area contributed by atoms with Crippen molar-refractivity contribution < 1.29 is 0 Å². The van der Waals surface area contributed by atoms with Gasteiger partial charge >= 0.3 is 0 Å². The van der Waals surface area contributed by atoms with Gasteiger partial charge in [0.05, 0.1) is 0 Å². The molecule has 2 fully saturated rings. The van der Waals surface area contributed by atoms with Gasteiger partial charge < -0.3 is 5.32 Å². The van der Waals surface area contributed by atoms with Crippen LogP contribution in [0.1, 0.15) is 65.7 Å². The lowest BCUT2D eigenvalue weighted by Gasteiger charge is -2.47. The maximum absolute atomic E-state index is 3.80. The molecule has 1 unspecified atom stereocenters. The summed E-state index contributed by atoms with van der Waals surface area (Å²) in [6.07, 6.45) is 9.91. The van der Waals surface area contributed by atoms with Crippen molar-refractivity contribution in [3.8, 4) is 0 Å². The van der Waals surface area contributed by atoms with Crippen LogP contribution in [-0.2, 0) is 0 Å². The van der Waals surface area contributed by atoms with E-state index in [1.165, 1.54) is 64.6 Å². The molecule has 1 atom stereocenters. The van der Waals surface area contributed by atoms with Gasteiger partial charge in [-0.25, -0.2) is 0 Å². The zero-order valence-electron chi connectivity index (χ0n) is 12.7. The van der Waals surface area contributed by atoms with Crippen LogP contribution >= 0.6 is 0 Å². The van der Waals surface area contributed by atoms with Crippen molar-refractivity contribution in [3.63, 3.8) is 0 Å². The SMILES string of the molecule is CCC1(CC)CN(CCC2CCCC2)C(C)CN1. The van der Waals surface area contributed by atoms with Gasteiger partial charge in [-0.15, -0.1) is 0 Å². The van der Waals surface area contributed by atoms with E-state index in [0.29, 0.717) is 5.54 Å². The van der Waals surface area contributed by atoms with E-state index in [2.05, 4.69) is 31.0 Å². The largest absolute Gasteiger partial charge is 0.308 e. The number of hydrogen-bond acceptors (Lipinski definition) is 2. The molecule has 18 heavy (non-hydrogen) atoms. The van der Waals surface area contributed by atoms with Crippen molar-refractivity contribution in [1.29, 1.82) is 0 Å². The molecule has 1 N–H and O–H groups in total. The van der Waals surface area contributed by atoms with Crippen LogP contribution < -0.4 is 5.32 Å². The van der Waals surface area contributed by atoms with E-state index >= 15 is 0 Å². The molecule has 0 spiro atoms. The normalized spacial score (nSPS) is 29.8. The van der Waals surface area contributed by atoms with Gasteiger partial charge in [-0.3, -0.25) is 4.90 Å². The zero-order chi connectivity index (χ0) is 13.0. The van der Waals surface area contributed by atoms with Gasteiger partial charge in [0, 0.05) is 24.7 Å². The highest BCUT2D eigenvalue weighted by Gasteiger charge is 2.34. The predicted octanol–water partition coefficient (Wildman–Crippen LogP) is 3.42. The molecule has 1 saturated heterocycles. The minimum absolute atomic E-state index is 0.391. The third-order valence-electron chi connectivity index (χ3n) is 5.55. The highest BCUT2D eigenvalue weighted by molar-refractivity contribution is 4.95. The van der Waals surface area contributed by atoms with Crippen molar-refractivity contribution >= 4 is 0 Å². The van der Waals surface area contributed by atoms with Crippen molar-refractivity contribution in [3.05, 3.63) is 0 Å². The Morgan fingerprint density at radius 1 is 1.17 bits per heavy atom. The lowest BCUT2D eigenvalue weighted by Crippen LogP contribution is -2.63. The van der Waals surface area contributed by atoms with E-state index < -0.39 is 0 Å². The molecule has 2 nitrogen and oxygen atoms in total. The van der Waals surface area contributed by atoms with Crippen LogP contribution in [0.15, 0.2) is 0 Å². The average molecular weight is 252 g/mol. The molecule has 1 saturated carbocycles. The minimum atomic E-state index is 0.391. The Balaban J connectivity index is 1.84. The van der Waals surface area contributed by atoms with Crippen LogP contribution in [0.5, 0.6) is 0 Å². The van der Waals surface area contributed by atoms with Gasteiger partial charge in [-0.05, 0) is 38.6 Å². The van der Waals surface area contributed by atoms with E-state index in [4.69, 9.17) is 0 Å². The second-order valence-electron chi connectivity index (χ2n) is 6.63.